The van der Waals surface area contributed by atoms with Crippen LogP contribution >= 0.6 is 0 Å². The zero-order valence-corrected chi connectivity index (χ0v) is 28.5. The molecule has 0 N–H and O–H groups in total. The minimum absolute atomic E-state index is 0.523. The van der Waals surface area contributed by atoms with Crippen LogP contribution in [0.5, 0.6) is 0 Å². The first-order valence-corrected chi connectivity index (χ1v) is 17.3. The van der Waals surface area contributed by atoms with Gasteiger partial charge in [-0.2, -0.15) is 0 Å². The summed E-state index contributed by atoms with van der Waals surface area (Å²) in [6.45, 7) is 4.08. The van der Waals surface area contributed by atoms with Gasteiger partial charge in [0.1, 0.15) is 0 Å². The molecule has 51 heavy (non-hydrogen) atoms. The van der Waals surface area contributed by atoms with Crippen LogP contribution in [0.2, 0.25) is 0 Å². The van der Waals surface area contributed by atoms with Gasteiger partial charge in [-0.25, -0.2) is 15.0 Å². The fourth-order valence-electron chi connectivity index (χ4n) is 7.81. The van der Waals surface area contributed by atoms with Crippen molar-refractivity contribution in [1.82, 2.24) is 19.9 Å². The number of rotatable bonds is 6. The normalized spacial score (nSPS) is 12.7. The number of aromatic nitrogens is 4. The highest BCUT2D eigenvalue weighted by molar-refractivity contribution is 5.88. The van der Waals surface area contributed by atoms with Crippen LogP contribution in [0.1, 0.15) is 33.6 Å². The Kier molecular flexibility index (Phi) is 7.44. The van der Waals surface area contributed by atoms with E-state index in [0.29, 0.717) is 17.5 Å². The summed E-state index contributed by atoms with van der Waals surface area (Å²) in [6.07, 6.45) is 0. The van der Waals surface area contributed by atoms with Gasteiger partial charge in [-0.05, 0) is 64.9 Å². The molecule has 0 fully saturated rings. The van der Waals surface area contributed by atoms with E-state index >= 15 is 0 Å². The van der Waals surface area contributed by atoms with Gasteiger partial charge in [-0.15, -0.1) is 0 Å². The van der Waals surface area contributed by atoms with Crippen molar-refractivity contribution in [3.05, 3.63) is 203 Å². The predicted molar refractivity (Wildman–Crippen MR) is 206 cm³/mol. The maximum Gasteiger partial charge on any atom is 0.164 e. The van der Waals surface area contributed by atoms with Gasteiger partial charge in [0, 0.05) is 33.6 Å². The largest absolute Gasteiger partial charge is 0.258 e. The van der Waals surface area contributed by atoms with Gasteiger partial charge < -0.3 is 0 Å². The number of nitrogens with zero attached hydrogens (tertiary/aromatic N) is 4. The first kappa shape index (κ1) is 30.5. The van der Waals surface area contributed by atoms with E-state index in [-0.39, 0.29) is 0 Å². The van der Waals surface area contributed by atoms with Gasteiger partial charge in [-0.1, -0.05) is 158 Å². The molecule has 1 aliphatic carbocycles. The predicted octanol–water partition coefficient (Wildman–Crippen LogP) is 10.9. The molecule has 0 atom stereocenters. The minimum Gasteiger partial charge on any atom is -0.258 e. The summed E-state index contributed by atoms with van der Waals surface area (Å²) in [5, 5.41) is 0. The van der Waals surface area contributed by atoms with Gasteiger partial charge in [0.15, 0.2) is 17.5 Å². The van der Waals surface area contributed by atoms with E-state index in [1.54, 1.807) is 0 Å². The van der Waals surface area contributed by atoms with Crippen LogP contribution in [0.3, 0.4) is 0 Å². The second-order valence-electron chi connectivity index (χ2n) is 13.1. The molecule has 8 aromatic rings. The Balaban J connectivity index is 1.30. The second-order valence-corrected chi connectivity index (χ2v) is 13.1. The SMILES string of the molecule is Cc1ccc(-c2ccccc2-c2nc(-c3ccccc3)nc(-c3ccc4c(c3)C(c3ccccc3)(c3ccccc3)c3ccccc3-4)n2)c(C)n1. The van der Waals surface area contributed by atoms with Crippen LogP contribution in [-0.2, 0) is 5.41 Å². The van der Waals surface area contributed by atoms with E-state index in [4.69, 9.17) is 19.9 Å². The zero-order chi connectivity index (χ0) is 34.4. The molecule has 0 amide bonds. The molecule has 0 aliphatic heterocycles. The van der Waals surface area contributed by atoms with Gasteiger partial charge >= 0.3 is 0 Å². The molecule has 0 spiro atoms. The molecule has 4 heteroatoms. The number of fused-ring (bicyclic) bond motifs is 3. The number of benzene rings is 6. The molecule has 1 aliphatic rings. The third-order valence-electron chi connectivity index (χ3n) is 10.1. The monoisotopic (exact) mass is 654 g/mol. The van der Waals surface area contributed by atoms with Crippen LogP contribution in [0, 0.1) is 13.8 Å². The number of aryl methyl sites for hydroxylation is 2. The summed E-state index contributed by atoms with van der Waals surface area (Å²) >= 11 is 0. The Morgan fingerprint density at radius 3 is 1.53 bits per heavy atom. The molecule has 2 aromatic heterocycles. The maximum atomic E-state index is 5.26. The summed E-state index contributed by atoms with van der Waals surface area (Å²) in [5.74, 6) is 1.88. The Labute approximate surface area is 298 Å². The molecule has 6 aromatic carbocycles. The fraction of sp³-hybridized carbons (Fsp3) is 0.0638. The van der Waals surface area contributed by atoms with Crippen LogP contribution in [0.15, 0.2) is 170 Å². The maximum absolute atomic E-state index is 5.26. The molecule has 9 rings (SSSR count). The Morgan fingerprint density at radius 1 is 0.353 bits per heavy atom. The summed E-state index contributed by atoms with van der Waals surface area (Å²) in [4.78, 5) is 20.3. The van der Waals surface area contributed by atoms with Crippen molar-refractivity contribution in [2.75, 3.05) is 0 Å². The van der Waals surface area contributed by atoms with E-state index < -0.39 is 5.41 Å². The Bertz CT molecular complexity index is 2500. The van der Waals surface area contributed by atoms with Crippen molar-refractivity contribution in [3.8, 4) is 56.4 Å². The molecular weight excluding hydrogens is 621 g/mol. The summed E-state index contributed by atoms with van der Waals surface area (Å²) in [6, 6.07) is 59.9. The van der Waals surface area contributed by atoms with E-state index in [9.17, 15) is 0 Å². The van der Waals surface area contributed by atoms with Crippen LogP contribution in [-0.4, -0.2) is 19.9 Å². The molecule has 0 saturated heterocycles. The lowest BCUT2D eigenvalue weighted by atomic mass is 9.67. The molecule has 2 heterocycles. The average Bonchev–Trinajstić information content (AvgIpc) is 3.49. The third-order valence-corrected chi connectivity index (χ3v) is 10.1. The lowest BCUT2D eigenvalue weighted by molar-refractivity contribution is 0.768. The molecular formula is C47H34N4. The number of hydrogen-bond donors (Lipinski definition) is 0. The molecule has 242 valence electrons. The molecule has 0 radical (unpaired) electrons. The minimum atomic E-state index is -0.523. The van der Waals surface area contributed by atoms with E-state index in [0.717, 1.165) is 39.2 Å². The van der Waals surface area contributed by atoms with Crippen molar-refractivity contribution < 1.29 is 0 Å². The smallest absolute Gasteiger partial charge is 0.164 e. The van der Waals surface area contributed by atoms with Crippen LogP contribution in [0.4, 0.5) is 0 Å². The fourth-order valence-corrected chi connectivity index (χ4v) is 7.81. The van der Waals surface area contributed by atoms with Crippen LogP contribution in [0.25, 0.3) is 56.4 Å². The van der Waals surface area contributed by atoms with Gasteiger partial charge in [0.25, 0.3) is 0 Å². The topological polar surface area (TPSA) is 51.6 Å². The Hall–Kier alpha value is -6.52. The Morgan fingerprint density at radius 2 is 0.863 bits per heavy atom. The number of pyridine rings is 1. The molecule has 4 nitrogen and oxygen atoms in total. The molecule has 0 bridgehead atoms. The second kappa shape index (κ2) is 12.4. The molecule has 0 saturated carbocycles. The highest BCUT2D eigenvalue weighted by Gasteiger charge is 2.46. The number of hydrogen-bond acceptors (Lipinski definition) is 4. The van der Waals surface area contributed by atoms with Gasteiger partial charge in [-0.3, -0.25) is 4.98 Å². The third kappa shape index (κ3) is 5.07. The van der Waals surface area contributed by atoms with Crippen LogP contribution < -0.4 is 0 Å². The lowest BCUT2D eigenvalue weighted by Crippen LogP contribution is -2.28. The summed E-state index contributed by atoms with van der Waals surface area (Å²) in [7, 11) is 0. The molecule has 0 unspecified atom stereocenters. The van der Waals surface area contributed by atoms with Gasteiger partial charge in [0.05, 0.1) is 5.41 Å². The quantitative estimate of drug-likeness (QED) is 0.179. The zero-order valence-electron chi connectivity index (χ0n) is 28.5. The lowest BCUT2D eigenvalue weighted by Gasteiger charge is -2.34. The van der Waals surface area contributed by atoms with Crippen molar-refractivity contribution in [3.63, 3.8) is 0 Å². The van der Waals surface area contributed by atoms with Gasteiger partial charge in [0.2, 0.25) is 0 Å². The first-order valence-electron chi connectivity index (χ1n) is 17.3. The highest BCUT2D eigenvalue weighted by Crippen LogP contribution is 2.56. The first-order chi connectivity index (χ1) is 25.1. The summed E-state index contributed by atoms with van der Waals surface area (Å²) in [5.41, 5.74) is 13.7. The van der Waals surface area contributed by atoms with Crippen molar-refractivity contribution in [1.29, 1.82) is 0 Å². The highest BCUT2D eigenvalue weighted by atomic mass is 15.0. The van der Waals surface area contributed by atoms with Crippen molar-refractivity contribution in [2.45, 2.75) is 19.3 Å². The van der Waals surface area contributed by atoms with E-state index in [1.165, 1.54) is 33.4 Å². The summed E-state index contributed by atoms with van der Waals surface area (Å²) < 4.78 is 0. The van der Waals surface area contributed by atoms with E-state index in [1.807, 2.05) is 31.2 Å². The standard InChI is InChI=1S/C47H34N4/c1-31-26-28-37(32(2)48-31)38-22-12-13-24-41(38)46-50-44(33-16-6-3-7-17-33)49-45(51-46)34-27-29-40-39-23-14-15-25-42(39)47(43(40)30-34,35-18-8-4-9-19-35)36-20-10-5-11-21-36/h3-30H,1-2H3. The average molecular weight is 655 g/mol. The van der Waals surface area contributed by atoms with Crippen molar-refractivity contribution in [2.24, 2.45) is 0 Å². The van der Waals surface area contributed by atoms with Crippen molar-refractivity contribution >= 4 is 0 Å². The van der Waals surface area contributed by atoms with E-state index in [2.05, 4.69) is 153 Å².